The van der Waals surface area contributed by atoms with Crippen LogP contribution >= 0.6 is 31.9 Å². The molecular weight excluding hydrogens is 370 g/mol. The second-order valence-electron chi connectivity index (χ2n) is 4.55. The number of halogens is 2. The first kappa shape index (κ1) is 14.8. The van der Waals surface area contributed by atoms with E-state index in [2.05, 4.69) is 56.0 Å². The maximum Gasteiger partial charge on any atom is 0.0766 e. The van der Waals surface area contributed by atoms with Gasteiger partial charge in [0.2, 0.25) is 0 Å². The molecule has 2 aromatic rings. The number of nitrogens with zero attached hydrogens (tertiary/aromatic N) is 2. The van der Waals surface area contributed by atoms with E-state index in [0.29, 0.717) is 0 Å². The molecule has 0 spiro atoms. The summed E-state index contributed by atoms with van der Waals surface area (Å²) in [4.78, 5) is 0. The van der Waals surface area contributed by atoms with Gasteiger partial charge in [-0.25, -0.2) is 0 Å². The van der Waals surface area contributed by atoms with Crippen molar-refractivity contribution in [1.29, 1.82) is 0 Å². The molecule has 102 valence electrons. The third kappa shape index (κ3) is 3.27. The Morgan fingerprint density at radius 2 is 2.11 bits per heavy atom. The Bertz CT molecular complexity index is 578. The smallest absolute Gasteiger partial charge is 0.0766 e. The monoisotopic (exact) mass is 385 g/mol. The first-order valence-corrected chi connectivity index (χ1v) is 7.82. The number of aromatic nitrogens is 2. The average molecular weight is 387 g/mol. The number of benzene rings is 1. The van der Waals surface area contributed by atoms with Gasteiger partial charge < -0.3 is 5.73 Å². The highest BCUT2D eigenvalue weighted by atomic mass is 79.9. The highest BCUT2D eigenvalue weighted by Crippen LogP contribution is 2.26. The number of aryl methyl sites for hydroxylation is 2. The normalized spacial score (nSPS) is 12.7. The van der Waals surface area contributed by atoms with Crippen LogP contribution in [0.15, 0.2) is 33.2 Å². The number of rotatable bonds is 4. The summed E-state index contributed by atoms with van der Waals surface area (Å²) in [6.07, 6.45) is 1.68. The van der Waals surface area contributed by atoms with Gasteiger partial charge in [0, 0.05) is 24.0 Å². The predicted molar refractivity (Wildman–Crippen MR) is 85.1 cm³/mol. The van der Waals surface area contributed by atoms with Gasteiger partial charge in [0.05, 0.1) is 15.9 Å². The minimum absolute atomic E-state index is 0.0334. The summed E-state index contributed by atoms with van der Waals surface area (Å²) < 4.78 is 4.06. The molecule has 1 heterocycles. The molecule has 5 heteroatoms. The van der Waals surface area contributed by atoms with Crippen LogP contribution < -0.4 is 5.73 Å². The van der Waals surface area contributed by atoms with Gasteiger partial charge in [-0.15, -0.1) is 0 Å². The SMILES string of the molecule is CCc1nn(C)c(CC(N)c2cccc(Br)c2)c1Br. The minimum atomic E-state index is -0.0334. The zero-order valence-corrected chi connectivity index (χ0v) is 14.2. The molecule has 1 atom stereocenters. The van der Waals surface area contributed by atoms with Crippen LogP contribution in [-0.2, 0) is 19.9 Å². The molecule has 1 aromatic carbocycles. The van der Waals surface area contributed by atoms with Crippen LogP contribution in [0, 0.1) is 0 Å². The summed E-state index contributed by atoms with van der Waals surface area (Å²) in [5, 5.41) is 4.50. The summed E-state index contributed by atoms with van der Waals surface area (Å²) in [6.45, 7) is 2.10. The Hall–Kier alpha value is -0.650. The van der Waals surface area contributed by atoms with Gasteiger partial charge >= 0.3 is 0 Å². The Balaban J connectivity index is 2.24. The van der Waals surface area contributed by atoms with Crippen LogP contribution in [0.1, 0.15) is 29.9 Å². The molecule has 0 saturated carbocycles. The molecule has 1 aromatic heterocycles. The second-order valence-corrected chi connectivity index (χ2v) is 6.26. The Morgan fingerprint density at radius 1 is 1.37 bits per heavy atom. The number of nitrogens with two attached hydrogens (primary N) is 1. The van der Waals surface area contributed by atoms with Crippen LogP contribution in [0.3, 0.4) is 0 Å². The quantitative estimate of drug-likeness (QED) is 0.869. The van der Waals surface area contributed by atoms with E-state index in [1.807, 2.05) is 23.9 Å². The molecule has 3 nitrogen and oxygen atoms in total. The van der Waals surface area contributed by atoms with Gasteiger partial charge in [0.15, 0.2) is 0 Å². The highest BCUT2D eigenvalue weighted by molar-refractivity contribution is 9.10. The van der Waals surface area contributed by atoms with Crippen molar-refractivity contribution in [2.24, 2.45) is 12.8 Å². The van der Waals surface area contributed by atoms with Crippen molar-refractivity contribution in [2.45, 2.75) is 25.8 Å². The molecule has 0 bridgehead atoms. The van der Waals surface area contributed by atoms with E-state index in [-0.39, 0.29) is 6.04 Å². The molecule has 0 amide bonds. The molecule has 0 aliphatic rings. The van der Waals surface area contributed by atoms with Gasteiger partial charge in [0.25, 0.3) is 0 Å². The topological polar surface area (TPSA) is 43.8 Å². The van der Waals surface area contributed by atoms with E-state index < -0.39 is 0 Å². The molecule has 0 saturated heterocycles. The lowest BCUT2D eigenvalue weighted by molar-refractivity contribution is 0.636. The zero-order valence-electron chi connectivity index (χ0n) is 11.0. The lowest BCUT2D eigenvalue weighted by Gasteiger charge is -2.13. The lowest BCUT2D eigenvalue weighted by Crippen LogP contribution is -2.15. The number of hydrogen-bond acceptors (Lipinski definition) is 2. The third-order valence-electron chi connectivity index (χ3n) is 3.19. The fourth-order valence-corrected chi connectivity index (χ4v) is 3.30. The van der Waals surface area contributed by atoms with E-state index in [1.165, 1.54) is 0 Å². The summed E-state index contributed by atoms with van der Waals surface area (Å²) in [7, 11) is 1.97. The van der Waals surface area contributed by atoms with Gasteiger partial charge in [-0.3, -0.25) is 4.68 Å². The van der Waals surface area contributed by atoms with Crippen molar-refractivity contribution in [1.82, 2.24) is 9.78 Å². The zero-order chi connectivity index (χ0) is 14.0. The van der Waals surface area contributed by atoms with E-state index >= 15 is 0 Å². The molecule has 0 aliphatic carbocycles. The molecule has 0 radical (unpaired) electrons. The van der Waals surface area contributed by atoms with E-state index in [9.17, 15) is 0 Å². The Labute approximate surface area is 130 Å². The van der Waals surface area contributed by atoms with Gasteiger partial charge in [-0.1, -0.05) is 35.0 Å². The van der Waals surface area contributed by atoms with Crippen molar-refractivity contribution >= 4 is 31.9 Å². The first-order valence-electron chi connectivity index (χ1n) is 6.24. The van der Waals surface area contributed by atoms with Crippen molar-refractivity contribution in [3.63, 3.8) is 0 Å². The van der Waals surface area contributed by atoms with Crippen molar-refractivity contribution in [2.75, 3.05) is 0 Å². The fourth-order valence-electron chi connectivity index (χ4n) is 2.10. The average Bonchev–Trinajstić information content (AvgIpc) is 2.66. The molecule has 0 aliphatic heterocycles. The molecule has 2 N–H and O–H groups in total. The summed E-state index contributed by atoms with van der Waals surface area (Å²) in [5.41, 5.74) is 9.65. The molecule has 19 heavy (non-hydrogen) atoms. The van der Waals surface area contributed by atoms with Crippen LogP contribution in [0.5, 0.6) is 0 Å². The van der Waals surface area contributed by atoms with E-state index in [4.69, 9.17) is 5.73 Å². The fraction of sp³-hybridized carbons (Fsp3) is 0.357. The first-order chi connectivity index (χ1) is 9.02. The minimum Gasteiger partial charge on any atom is -0.324 e. The maximum atomic E-state index is 6.30. The molecule has 1 unspecified atom stereocenters. The molecular formula is C14H17Br2N3. The Morgan fingerprint density at radius 3 is 2.68 bits per heavy atom. The number of hydrogen-bond donors (Lipinski definition) is 1. The lowest BCUT2D eigenvalue weighted by atomic mass is 10.0. The van der Waals surface area contributed by atoms with Crippen LogP contribution in [0.25, 0.3) is 0 Å². The summed E-state index contributed by atoms with van der Waals surface area (Å²) in [5.74, 6) is 0. The predicted octanol–water partition coefficient (Wildman–Crippen LogP) is 3.75. The molecule has 0 fully saturated rings. The summed E-state index contributed by atoms with van der Waals surface area (Å²) in [6, 6.07) is 8.10. The highest BCUT2D eigenvalue weighted by Gasteiger charge is 2.16. The van der Waals surface area contributed by atoms with Crippen LogP contribution in [0.2, 0.25) is 0 Å². The molecule has 2 rings (SSSR count). The van der Waals surface area contributed by atoms with Crippen molar-refractivity contribution in [3.05, 3.63) is 50.2 Å². The second kappa shape index (κ2) is 6.20. The van der Waals surface area contributed by atoms with Crippen molar-refractivity contribution < 1.29 is 0 Å². The Kier molecular flexibility index (Phi) is 4.81. The van der Waals surface area contributed by atoms with Crippen LogP contribution in [-0.4, -0.2) is 9.78 Å². The van der Waals surface area contributed by atoms with E-state index in [0.717, 1.165) is 38.7 Å². The van der Waals surface area contributed by atoms with E-state index in [1.54, 1.807) is 0 Å². The van der Waals surface area contributed by atoms with Gasteiger partial charge in [0.1, 0.15) is 0 Å². The van der Waals surface area contributed by atoms with Crippen molar-refractivity contribution in [3.8, 4) is 0 Å². The summed E-state index contributed by atoms with van der Waals surface area (Å²) >= 11 is 7.11. The third-order valence-corrected chi connectivity index (χ3v) is 4.60. The maximum absolute atomic E-state index is 6.30. The van der Waals surface area contributed by atoms with Gasteiger partial charge in [-0.2, -0.15) is 5.10 Å². The largest absolute Gasteiger partial charge is 0.324 e. The van der Waals surface area contributed by atoms with Gasteiger partial charge in [-0.05, 0) is 40.0 Å². The van der Waals surface area contributed by atoms with Crippen LogP contribution in [0.4, 0.5) is 0 Å². The standard InChI is InChI=1S/C14H17Br2N3/c1-3-12-14(16)13(19(2)18-12)8-11(17)9-5-4-6-10(15)7-9/h4-7,11H,3,8,17H2,1-2H3.